The summed E-state index contributed by atoms with van der Waals surface area (Å²) in [5.74, 6) is 9.50. The number of carbonyl (C=O) groups excluding carboxylic acids is 1. The summed E-state index contributed by atoms with van der Waals surface area (Å²) in [6, 6.07) is 3.72. The fraction of sp³-hybridized carbons (Fsp3) is 0.476. The van der Waals surface area contributed by atoms with Crippen LogP contribution in [0.1, 0.15) is 29.7 Å². The number of hydrogen-bond donors (Lipinski definition) is 5. The minimum atomic E-state index is -1.15. The first-order valence-electron chi connectivity index (χ1n) is 10.6. The summed E-state index contributed by atoms with van der Waals surface area (Å²) in [6.07, 6.45) is -0.365. The number of aliphatic hydroxyl groups is 1. The van der Waals surface area contributed by atoms with Crippen LogP contribution in [-0.2, 0) is 20.9 Å². The first kappa shape index (κ1) is 26.7. The highest BCUT2D eigenvalue weighted by Crippen LogP contribution is 2.18. The summed E-state index contributed by atoms with van der Waals surface area (Å²) < 4.78 is 6.67. The second-order valence-corrected chi connectivity index (χ2v) is 7.86. The Morgan fingerprint density at radius 1 is 1.29 bits per heavy atom. The highest BCUT2D eigenvalue weighted by atomic mass is 16.5. The Labute approximate surface area is 196 Å². The van der Waals surface area contributed by atoms with Crippen LogP contribution in [0.25, 0.3) is 11.0 Å². The van der Waals surface area contributed by atoms with E-state index in [9.17, 15) is 19.5 Å². The lowest BCUT2D eigenvalue weighted by molar-refractivity contribution is -0.138. The first-order chi connectivity index (χ1) is 16.0. The molecular formula is C21H31N7O6. The number of hydrazone groups is 1. The SMILES string of the molecule is Cc1cc2nc(/C(=N/N)N(C)N)c(=O)n(CCC(O)CCOCC(=O)NCC(=O)O)c2cc1C. The van der Waals surface area contributed by atoms with Crippen LogP contribution < -0.4 is 22.6 Å². The molecule has 0 aliphatic heterocycles. The van der Waals surface area contributed by atoms with Gasteiger partial charge in [0.25, 0.3) is 5.56 Å². The second-order valence-electron chi connectivity index (χ2n) is 7.86. The van der Waals surface area contributed by atoms with E-state index in [2.05, 4.69) is 15.4 Å². The van der Waals surface area contributed by atoms with Crippen molar-refractivity contribution in [3.05, 3.63) is 39.3 Å². The standard InChI is InChI=1S/C21H31N7O6/c1-12-8-15-16(9-13(12)2)28(21(33)19(25-15)20(26-22)27(3)23)6-4-14(29)5-7-34-11-17(30)24-10-18(31)32/h8-9,14,29H,4-7,10-11,22-23H2,1-3H3,(H,24,30)(H,31,32)/b26-20-. The van der Waals surface area contributed by atoms with Gasteiger partial charge in [-0.3, -0.25) is 19.4 Å². The zero-order chi connectivity index (χ0) is 25.4. The Bertz CT molecular complexity index is 1130. The molecule has 0 spiro atoms. The minimum Gasteiger partial charge on any atom is -0.480 e. The van der Waals surface area contributed by atoms with E-state index in [1.807, 2.05) is 26.0 Å². The van der Waals surface area contributed by atoms with Crippen LogP contribution in [0.2, 0.25) is 0 Å². The molecule has 0 bridgehead atoms. The Kier molecular flexibility index (Phi) is 9.47. The number of benzene rings is 1. The molecule has 186 valence electrons. The summed E-state index contributed by atoms with van der Waals surface area (Å²) in [6.45, 7) is 3.32. The van der Waals surface area contributed by atoms with Crippen molar-refractivity contribution in [3.63, 3.8) is 0 Å². The van der Waals surface area contributed by atoms with Crippen molar-refractivity contribution in [2.45, 2.75) is 39.3 Å². The monoisotopic (exact) mass is 477 g/mol. The van der Waals surface area contributed by atoms with Crippen molar-refractivity contribution in [3.8, 4) is 0 Å². The van der Waals surface area contributed by atoms with E-state index in [0.717, 1.165) is 16.1 Å². The van der Waals surface area contributed by atoms with E-state index in [1.54, 1.807) is 0 Å². The summed E-state index contributed by atoms with van der Waals surface area (Å²) in [4.78, 5) is 39.5. The number of aromatic nitrogens is 2. The van der Waals surface area contributed by atoms with Gasteiger partial charge in [0.15, 0.2) is 11.5 Å². The molecule has 0 saturated heterocycles. The molecule has 0 aliphatic carbocycles. The maximum Gasteiger partial charge on any atom is 0.322 e. The maximum absolute atomic E-state index is 13.2. The molecule has 1 heterocycles. The van der Waals surface area contributed by atoms with Crippen LogP contribution in [0.15, 0.2) is 22.0 Å². The van der Waals surface area contributed by atoms with Crippen molar-refractivity contribution < 1.29 is 24.5 Å². The van der Waals surface area contributed by atoms with Gasteiger partial charge in [-0.2, -0.15) is 5.10 Å². The molecular weight excluding hydrogens is 446 g/mol. The predicted molar refractivity (Wildman–Crippen MR) is 125 cm³/mol. The number of aryl methyl sites for hydroxylation is 3. The van der Waals surface area contributed by atoms with E-state index >= 15 is 0 Å². The highest BCUT2D eigenvalue weighted by molar-refractivity contribution is 5.97. The number of carbonyl (C=O) groups is 2. The van der Waals surface area contributed by atoms with E-state index in [4.69, 9.17) is 21.5 Å². The Morgan fingerprint density at radius 3 is 2.59 bits per heavy atom. The third-order valence-corrected chi connectivity index (χ3v) is 5.18. The lowest BCUT2D eigenvalue weighted by Gasteiger charge is -2.18. The smallest absolute Gasteiger partial charge is 0.322 e. The highest BCUT2D eigenvalue weighted by Gasteiger charge is 2.19. The number of aliphatic carboxylic acids is 1. The molecule has 0 saturated carbocycles. The van der Waals surface area contributed by atoms with Gasteiger partial charge >= 0.3 is 5.97 Å². The van der Waals surface area contributed by atoms with E-state index in [1.165, 1.54) is 11.6 Å². The fourth-order valence-electron chi connectivity index (χ4n) is 3.22. The van der Waals surface area contributed by atoms with Crippen LogP contribution in [-0.4, -0.2) is 75.4 Å². The molecule has 1 aromatic heterocycles. The second kappa shape index (κ2) is 12.1. The molecule has 1 amide bonds. The molecule has 2 rings (SSSR count). The number of nitrogens with zero attached hydrogens (tertiary/aromatic N) is 4. The zero-order valence-electron chi connectivity index (χ0n) is 19.4. The third-order valence-electron chi connectivity index (χ3n) is 5.18. The fourth-order valence-corrected chi connectivity index (χ4v) is 3.22. The molecule has 13 heteroatoms. The number of hydrogen-bond acceptors (Lipinski definition) is 9. The van der Waals surface area contributed by atoms with E-state index in [0.29, 0.717) is 11.0 Å². The number of amidine groups is 1. The average molecular weight is 478 g/mol. The largest absolute Gasteiger partial charge is 0.480 e. The molecule has 1 aromatic carbocycles. The number of carboxylic acid groups (broad SMARTS) is 1. The van der Waals surface area contributed by atoms with E-state index < -0.39 is 30.1 Å². The molecule has 0 fully saturated rings. The summed E-state index contributed by atoms with van der Waals surface area (Å²) in [5, 5.41) is 25.8. The third kappa shape index (κ3) is 6.97. The summed E-state index contributed by atoms with van der Waals surface area (Å²) in [7, 11) is 1.49. The lowest BCUT2D eigenvalue weighted by atomic mass is 10.1. The molecule has 0 aliphatic rings. The van der Waals surface area contributed by atoms with Crippen LogP contribution in [0.5, 0.6) is 0 Å². The van der Waals surface area contributed by atoms with Gasteiger partial charge in [0, 0.05) is 20.2 Å². The van der Waals surface area contributed by atoms with Gasteiger partial charge in [0.05, 0.1) is 17.1 Å². The Morgan fingerprint density at radius 2 is 1.97 bits per heavy atom. The van der Waals surface area contributed by atoms with Crippen LogP contribution in [0.4, 0.5) is 0 Å². The number of hydrazine groups is 1. The van der Waals surface area contributed by atoms with Gasteiger partial charge in [-0.25, -0.2) is 10.8 Å². The van der Waals surface area contributed by atoms with Gasteiger partial charge in [0.2, 0.25) is 5.91 Å². The number of ether oxygens (including phenoxy) is 1. The van der Waals surface area contributed by atoms with Crippen molar-refractivity contribution in [1.29, 1.82) is 0 Å². The van der Waals surface area contributed by atoms with Gasteiger partial charge in [0.1, 0.15) is 13.2 Å². The Hall–Kier alpha value is -3.55. The number of carboxylic acids is 1. The minimum absolute atomic E-state index is 0.00607. The number of nitrogens with two attached hydrogens (primary N) is 2. The quantitative estimate of drug-likeness (QED) is 0.0861. The van der Waals surface area contributed by atoms with Gasteiger partial charge in [-0.05, 0) is 49.9 Å². The molecule has 1 atom stereocenters. The van der Waals surface area contributed by atoms with Crippen LogP contribution in [0.3, 0.4) is 0 Å². The Balaban J connectivity index is 2.14. The summed E-state index contributed by atoms with van der Waals surface area (Å²) in [5.41, 5.74) is 2.68. The molecule has 0 radical (unpaired) electrons. The van der Waals surface area contributed by atoms with Gasteiger partial charge in [-0.15, -0.1) is 0 Å². The maximum atomic E-state index is 13.2. The number of aliphatic hydroxyl groups excluding tert-OH is 1. The van der Waals surface area contributed by atoms with Crippen LogP contribution in [0, 0.1) is 13.8 Å². The molecule has 34 heavy (non-hydrogen) atoms. The topological polar surface area (TPSA) is 198 Å². The van der Waals surface area contributed by atoms with Gasteiger partial charge < -0.3 is 30.7 Å². The van der Waals surface area contributed by atoms with Crippen molar-refractivity contribution in [2.75, 3.05) is 26.8 Å². The average Bonchev–Trinajstić information content (AvgIpc) is 2.77. The molecule has 2 aromatic rings. The number of amides is 1. The zero-order valence-corrected chi connectivity index (χ0v) is 19.4. The van der Waals surface area contributed by atoms with E-state index in [-0.39, 0.29) is 44.1 Å². The predicted octanol–water partition coefficient (Wildman–Crippen LogP) is -1.20. The number of rotatable bonds is 11. The van der Waals surface area contributed by atoms with Gasteiger partial charge in [-0.1, -0.05) is 0 Å². The van der Waals surface area contributed by atoms with Crippen molar-refractivity contribution >= 4 is 28.7 Å². The summed E-state index contributed by atoms with van der Waals surface area (Å²) >= 11 is 0. The number of fused-ring (bicyclic) bond motifs is 1. The van der Waals surface area contributed by atoms with Crippen molar-refractivity contribution in [2.24, 2.45) is 16.8 Å². The van der Waals surface area contributed by atoms with Crippen molar-refractivity contribution in [1.82, 2.24) is 19.9 Å². The molecule has 1 unspecified atom stereocenters. The normalized spacial score (nSPS) is 12.6. The lowest BCUT2D eigenvalue weighted by Crippen LogP contribution is -2.41. The van der Waals surface area contributed by atoms with Crippen LogP contribution >= 0.6 is 0 Å². The molecule has 13 nitrogen and oxygen atoms in total. The first-order valence-corrected chi connectivity index (χ1v) is 10.6. The molecule has 7 N–H and O–H groups in total. The number of nitrogens with one attached hydrogen (secondary N) is 1.